The Bertz CT molecular complexity index is 757. The molecule has 0 amide bonds. The fourth-order valence-electron chi connectivity index (χ4n) is 4.54. The minimum Gasteiger partial charge on any atom is -0.494 e. The maximum Gasteiger partial charge on any atom is 0.119 e. The van der Waals surface area contributed by atoms with Gasteiger partial charge in [0.15, 0.2) is 0 Å². The summed E-state index contributed by atoms with van der Waals surface area (Å²) in [5.74, 6) is 15.4. The molecule has 1 aliphatic rings. The summed E-state index contributed by atoms with van der Waals surface area (Å²) >= 11 is 0. The molecule has 33 heavy (non-hydrogen) atoms. The Morgan fingerprint density at radius 2 is 1.39 bits per heavy atom. The van der Waals surface area contributed by atoms with Gasteiger partial charge in [0.05, 0.1) is 6.61 Å². The minimum absolute atomic E-state index is 0.582. The third-order valence-electron chi connectivity index (χ3n) is 6.69. The summed E-state index contributed by atoms with van der Waals surface area (Å²) in [7, 11) is 0. The molecule has 2 rings (SSSR count). The maximum atomic E-state index is 5.82. The molecule has 0 bridgehead atoms. The zero-order valence-corrected chi connectivity index (χ0v) is 21.3. The lowest BCUT2D eigenvalue weighted by Crippen LogP contribution is -2.13. The second kappa shape index (κ2) is 18.3. The van der Waals surface area contributed by atoms with Crippen LogP contribution in [0.1, 0.15) is 116 Å². The molecule has 1 aromatic rings. The smallest absolute Gasteiger partial charge is 0.119 e. The molecule has 1 heteroatoms. The molecule has 0 heterocycles. The Balaban J connectivity index is 1.60. The Kier molecular flexibility index (Phi) is 15.1. The second-order valence-electron chi connectivity index (χ2n) is 9.60. The van der Waals surface area contributed by atoms with Gasteiger partial charge >= 0.3 is 0 Å². The van der Waals surface area contributed by atoms with Gasteiger partial charge < -0.3 is 4.74 Å². The Morgan fingerprint density at radius 3 is 2.09 bits per heavy atom. The van der Waals surface area contributed by atoms with Crippen LogP contribution in [-0.4, -0.2) is 6.61 Å². The van der Waals surface area contributed by atoms with Gasteiger partial charge in [-0.3, -0.25) is 0 Å². The highest BCUT2D eigenvalue weighted by Crippen LogP contribution is 2.31. The summed E-state index contributed by atoms with van der Waals surface area (Å²) in [6, 6.07) is 8.09. The molecule has 0 aliphatic heterocycles. The fraction of sp³-hybridized carbons (Fsp3) is 0.625. The maximum absolute atomic E-state index is 5.82. The summed E-state index contributed by atoms with van der Waals surface area (Å²) in [5, 5.41) is 0. The van der Waals surface area contributed by atoms with E-state index in [1.54, 1.807) is 0 Å². The number of benzene rings is 1. The number of rotatable bonds is 13. The van der Waals surface area contributed by atoms with Crippen molar-refractivity contribution in [2.45, 2.75) is 110 Å². The first-order valence-corrected chi connectivity index (χ1v) is 13.7. The molecule has 1 fully saturated rings. The molecule has 1 aromatic carbocycles. The molecule has 0 saturated heterocycles. The summed E-state index contributed by atoms with van der Waals surface area (Å²) in [6.07, 6.45) is 23.8. The van der Waals surface area contributed by atoms with Gasteiger partial charge in [0.2, 0.25) is 0 Å². The Labute approximate surface area is 204 Å². The van der Waals surface area contributed by atoms with Crippen molar-refractivity contribution < 1.29 is 4.74 Å². The van der Waals surface area contributed by atoms with E-state index in [0.717, 1.165) is 30.3 Å². The average Bonchev–Trinajstić information content (AvgIpc) is 2.85. The van der Waals surface area contributed by atoms with E-state index in [-0.39, 0.29) is 0 Å². The predicted molar refractivity (Wildman–Crippen MR) is 143 cm³/mol. The average molecular weight is 447 g/mol. The van der Waals surface area contributed by atoms with Gasteiger partial charge in [0, 0.05) is 11.5 Å². The van der Waals surface area contributed by atoms with E-state index in [2.05, 4.69) is 37.5 Å². The number of hydrogen-bond donors (Lipinski definition) is 0. The molecule has 0 radical (unpaired) electrons. The third-order valence-corrected chi connectivity index (χ3v) is 6.69. The van der Waals surface area contributed by atoms with E-state index in [4.69, 9.17) is 4.74 Å². The minimum atomic E-state index is 0.582. The van der Waals surface area contributed by atoms with Crippen molar-refractivity contribution in [1.29, 1.82) is 0 Å². The van der Waals surface area contributed by atoms with E-state index in [0.29, 0.717) is 5.92 Å². The highest BCUT2D eigenvalue weighted by Gasteiger charge is 2.19. The van der Waals surface area contributed by atoms with Gasteiger partial charge in [-0.05, 0) is 74.4 Å². The lowest BCUT2D eigenvalue weighted by atomic mass is 9.80. The Morgan fingerprint density at radius 1 is 0.758 bits per heavy atom. The van der Waals surface area contributed by atoms with Crippen LogP contribution in [0.25, 0.3) is 0 Å². The zero-order valence-electron chi connectivity index (χ0n) is 21.3. The third kappa shape index (κ3) is 13.2. The standard InChI is InChI=1S/C32H46O/c1-3-5-7-9-13-17-29-20-22-30(23-21-29)18-14-10-11-15-19-31-24-26-32(27-25-31)33-28-16-12-8-6-4-2/h10-11,24-27,29-30H,3-9,12-13,16-17,20-23,28H2,1-2H3/b11-10+. The van der Waals surface area contributed by atoms with Crippen LogP contribution in [0.5, 0.6) is 5.75 Å². The lowest BCUT2D eigenvalue weighted by Gasteiger charge is -2.25. The van der Waals surface area contributed by atoms with Crippen LogP contribution in [-0.2, 0) is 0 Å². The van der Waals surface area contributed by atoms with Gasteiger partial charge in [-0.15, -0.1) is 0 Å². The summed E-state index contributed by atoms with van der Waals surface area (Å²) in [4.78, 5) is 0. The van der Waals surface area contributed by atoms with Crippen molar-refractivity contribution in [3.05, 3.63) is 42.0 Å². The van der Waals surface area contributed by atoms with Crippen molar-refractivity contribution in [1.82, 2.24) is 0 Å². The fourth-order valence-corrected chi connectivity index (χ4v) is 4.54. The zero-order chi connectivity index (χ0) is 23.4. The van der Waals surface area contributed by atoms with Crippen LogP contribution in [0.2, 0.25) is 0 Å². The number of ether oxygens (including phenoxy) is 1. The van der Waals surface area contributed by atoms with Gasteiger partial charge in [-0.25, -0.2) is 0 Å². The molecular weight excluding hydrogens is 400 g/mol. The lowest BCUT2D eigenvalue weighted by molar-refractivity contribution is 0.294. The quantitative estimate of drug-likeness (QED) is 0.217. The van der Waals surface area contributed by atoms with Gasteiger partial charge in [-0.2, -0.15) is 0 Å². The largest absolute Gasteiger partial charge is 0.494 e. The van der Waals surface area contributed by atoms with Crippen LogP contribution in [0.15, 0.2) is 36.4 Å². The molecule has 0 aromatic heterocycles. The van der Waals surface area contributed by atoms with Gasteiger partial charge in [0.25, 0.3) is 0 Å². The Hall–Kier alpha value is -2.12. The van der Waals surface area contributed by atoms with Crippen LogP contribution in [0.4, 0.5) is 0 Å². The highest BCUT2D eigenvalue weighted by molar-refractivity contribution is 5.40. The molecule has 0 N–H and O–H groups in total. The van der Waals surface area contributed by atoms with Crippen molar-refractivity contribution >= 4 is 0 Å². The monoisotopic (exact) mass is 446 g/mol. The highest BCUT2D eigenvalue weighted by atomic mass is 16.5. The molecule has 1 saturated carbocycles. The second-order valence-corrected chi connectivity index (χ2v) is 9.60. The normalized spacial score (nSPS) is 17.8. The summed E-state index contributed by atoms with van der Waals surface area (Å²) in [5.41, 5.74) is 1.01. The van der Waals surface area contributed by atoms with Crippen molar-refractivity contribution in [2.75, 3.05) is 6.61 Å². The van der Waals surface area contributed by atoms with E-state index < -0.39 is 0 Å². The number of hydrogen-bond acceptors (Lipinski definition) is 1. The molecule has 180 valence electrons. The molecule has 1 aliphatic carbocycles. The number of unbranched alkanes of at least 4 members (excludes halogenated alkanes) is 8. The molecule has 0 unspecified atom stereocenters. The van der Waals surface area contributed by atoms with Crippen molar-refractivity contribution in [2.24, 2.45) is 11.8 Å². The van der Waals surface area contributed by atoms with E-state index in [1.165, 1.54) is 89.9 Å². The van der Waals surface area contributed by atoms with Crippen LogP contribution >= 0.6 is 0 Å². The van der Waals surface area contributed by atoms with Gasteiger partial charge in [-0.1, -0.05) is 102 Å². The molecule has 0 atom stereocenters. The summed E-state index contributed by atoms with van der Waals surface area (Å²) < 4.78 is 5.82. The van der Waals surface area contributed by atoms with Crippen molar-refractivity contribution in [3.63, 3.8) is 0 Å². The predicted octanol–water partition coefficient (Wildman–Crippen LogP) is 9.11. The molecular formula is C32H46O. The van der Waals surface area contributed by atoms with Gasteiger partial charge in [0.1, 0.15) is 5.75 Å². The first kappa shape index (κ1) is 27.1. The molecule has 1 nitrogen and oxygen atoms in total. The van der Waals surface area contributed by atoms with E-state index in [9.17, 15) is 0 Å². The van der Waals surface area contributed by atoms with E-state index in [1.807, 2.05) is 36.4 Å². The first-order chi connectivity index (χ1) is 16.3. The number of allylic oxidation sites excluding steroid dienone is 2. The first-order valence-electron chi connectivity index (χ1n) is 13.7. The topological polar surface area (TPSA) is 9.23 Å². The van der Waals surface area contributed by atoms with E-state index >= 15 is 0 Å². The van der Waals surface area contributed by atoms with Crippen LogP contribution < -0.4 is 4.74 Å². The summed E-state index contributed by atoms with van der Waals surface area (Å²) in [6.45, 7) is 5.33. The molecule has 0 spiro atoms. The van der Waals surface area contributed by atoms with Crippen LogP contribution in [0.3, 0.4) is 0 Å². The van der Waals surface area contributed by atoms with Crippen molar-refractivity contribution in [3.8, 4) is 29.4 Å². The SMILES string of the molecule is CCCCCCCOc1ccc(C#C/C=C/C#CC2CCC(CCCCCCC)CC2)cc1. The van der Waals surface area contributed by atoms with Crippen LogP contribution in [0, 0.1) is 35.5 Å².